The van der Waals surface area contributed by atoms with Crippen LogP contribution in [0.15, 0.2) is 77.3 Å². The van der Waals surface area contributed by atoms with Crippen molar-refractivity contribution in [1.82, 2.24) is 10.2 Å². The highest BCUT2D eigenvalue weighted by atomic mass is 79.9. The maximum absolute atomic E-state index is 14.5. The Balaban J connectivity index is 1.91. The summed E-state index contributed by atoms with van der Waals surface area (Å²) in [5.74, 6) is -0.902. The quantitative estimate of drug-likeness (QED) is 0.370. The van der Waals surface area contributed by atoms with E-state index >= 15 is 0 Å². The van der Waals surface area contributed by atoms with Crippen LogP contribution < -0.4 is 10.1 Å². The molecule has 0 bridgehead atoms. The Morgan fingerprint density at radius 2 is 1.79 bits per heavy atom. The largest absolute Gasteiger partial charge is 0.482 e. The zero-order chi connectivity index (χ0) is 24.5. The molecule has 2 amide bonds. The maximum Gasteiger partial charge on any atom is 0.261 e. The molecule has 0 aliphatic heterocycles. The minimum atomic E-state index is -0.863. The third-order valence-corrected chi connectivity index (χ3v) is 5.95. The third-order valence-electron chi connectivity index (χ3n) is 5.17. The van der Waals surface area contributed by atoms with Crippen molar-refractivity contribution in [3.8, 4) is 5.75 Å². The van der Waals surface area contributed by atoms with Crippen molar-refractivity contribution in [1.29, 1.82) is 0 Å². The van der Waals surface area contributed by atoms with Gasteiger partial charge >= 0.3 is 0 Å². The van der Waals surface area contributed by atoms with E-state index in [1.165, 1.54) is 11.0 Å². The molecule has 5 nitrogen and oxygen atoms in total. The number of hydrogen-bond acceptors (Lipinski definition) is 3. The lowest BCUT2D eigenvalue weighted by molar-refractivity contribution is -0.142. The highest BCUT2D eigenvalue weighted by Crippen LogP contribution is 2.28. The molecule has 0 fully saturated rings. The average molecular weight is 548 g/mol. The Labute approximate surface area is 212 Å². The molecule has 1 unspecified atom stereocenters. The van der Waals surface area contributed by atoms with Crippen molar-refractivity contribution in [2.24, 2.45) is 0 Å². The van der Waals surface area contributed by atoms with Crippen molar-refractivity contribution < 1.29 is 18.7 Å². The van der Waals surface area contributed by atoms with Gasteiger partial charge in [-0.1, -0.05) is 76.1 Å². The molecular formula is C26H25BrClFN2O3. The lowest BCUT2D eigenvalue weighted by atomic mass is 10.0. The van der Waals surface area contributed by atoms with Crippen LogP contribution in [0.2, 0.25) is 5.02 Å². The fourth-order valence-corrected chi connectivity index (χ4v) is 4.20. The third kappa shape index (κ3) is 7.05. The molecule has 0 aliphatic rings. The van der Waals surface area contributed by atoms with E-state index in [2.05, 4.69) is 21.2 Å². The fourth-order valence-electron chi connectivity index (χ4n) is 3.47. The minimum Gasteiger partial charge on any atom is -0.482 e. The zero-order valence-electron chi connectivity index (χ0n) is 18.6. The molecule has 0 spiro atoms. The van der Waals surface area contributed by atoms with Crippen molar-refractivity contribution in [3.05, 3.63) is 99.2 Å². The van der Waals surface area contributed by atoms with Crippen molar-refractivity contribution in [3.63, 3.8) is 0 Å². The first-order valence-corrected chi connectivity index (χ1v) is 12.0. The van der Waals surface area contributed by atoms with Gasteiger partial charge in [0.2, 0.25) is 5.91 Å². The molecule has 0 saturated carbocycles. The maximum atomic E-state index is 14.5. The van der Waals surface area contributed by atoms with Crippen LogP contribution in [0, 0.1) is 5.82 Å². The highest BCUT2D eigenvalue weighted by Gasteiger charge is 2.31. The van der Waals surface area contributed by atoms with Crippen molar-refractivity contribution in [2.45, 2.75) is 25.9 Å². The molecule has 8 heteroatoms. The van der Waals surface area contributed by atoms with Gasteiger partial charge in [0.25, 0.3) is 5.91 Å². The number of ether oxygens (including phenoxy) is 1. The van der Waals surface area contributed by atoms with Crippen LogP contribution in [0.4, 0.5) is 4.39 Å². The first-order valence-electron chi connectivity index (χ1n) is 10.8. The monoisotopic (exact) mass is 546 g/mol. The van der Waals surface area contributed by atoms with Gasteiger partial charge in [-0.25, -0.2) is 4.39 Å². The Kier molecular flexibility index (Phi) is 9.48. The van der Waals surface area contributed by atoms with Gasteiger partial charge in [0.05, 0.1) is 5.02 Å². The molecule has 0 radical (unpaired) electrons. The van der Waals surface area contributed by atoms with Crippen LogP contribution in [0.1, 0.15) is 18.1 Å². The number of carbonyl (C=O) groups excluding carboxylic acids is 2. The number of likely N-dealkylation sites (N-methyl/N-ethyl adjacent to an activating group) is 1. The van der Waals surface area contributed by atoms with E-state index in [0.717, 1.165) is 10.0 Å². The molecule has 3 aromatic carbocycles. The van der Waals surface area contributed by atoms with Gasteiger partial charge in [-0.15, -0.1) is 0 Å². The standard InChI is InChI=1S/C26H25BrClFN2O3/c1-2-30-26(33)23(14-18-8-4-3-5-9-18)31(16-19-10-6-7-11-22(19)29)25(32)17-34-24-13-12-20(27)15-21(24)28/h3-13,15,23H,2,14,16-17H2,1H3,(H,30,33). The molecule has 1 N–H and O–H groups in total. The molecule has 3 aromatic rings. The molecule has 3 rings (SSSR count). The van der Waals surface area contributed by atoms with Crippen LogP contribution in [0.25, 0.3) is 0 Å². The molecule has 1 atom stereocenters. The number of hydrogen-bond donors (Lipinski definition) is 1. The second-order valence-electron chi connectivity index (χ2n) is 7.58. The van der Waals surface area contributed by atoms with E-state index in [1.807, 2.05) is 30.3 Å². The summed E-state index contributed by atoms with van der Waals surface area (Å²) >= 11 is 9.54. The summed E-state index contributed by atoms with van der Waals surface area (Å²) in [5, 5.41) is 3.14. The summed E-state index contributed by atoms with van der Waals surface area (Å²) in [5.41, 5.74) is 1.18. The predicted octanol–water partition coefficient (Wildman–Crippen LogP) is 5.40. The SMILES string of the molecule is CCNC(=O)C(Cc1ccccc1)N(Cc1ccccc1F)C(=O)COc1ccc(Br)cc1Cl. The lowest BCUT2D eigenvalue weighted by Gasteiger charge is -2.31. The molecule has 34 heavy (non-hydrogen) atoms. The van der Waals surface area contributed by atoms with Gasteiger partial charge in [-0.3, -0.25) is 9.59 Å². The van der Waals surface area contributed by atoms with Gasteiger partial charge in [0, 0.05) is 29.5 Å². The second-order valence-corrected chi connectivity index (χ2v) is 8.90. The Morgan fingerprint density at radius 3 is 2.47 bits per heavy atom. The molecule has 0 heterocycles. The van der Waals surface area contributed by atoms with E-state index in [9.17, 15) is 14.0 Å². The normalized spacial score (nSPS) is 11.5. The molecule has 0 saturated heterocycles. The van der Waals surface area contributed by atoms with Gasteiger partial charge in [-0.2, -0.15) is 0 Å². The summed E-state index contributed by atoms with van der Waals surface area (Å²) in [6.45, 7) is 1.76. The first-order chi connectivity index (χ1) is 16.4. The van der Waals surface area contributed by atoms with E-state index in [1.54, 1.807) is 43.3 Å². The van der Waals surface area contributed by atoms with E-state index in [0.29, 0.717) is 22.9 Å². The van der Waals surface area contributed by atoms with Crippen molar-refractivity contribution >= 4 is 39.3 Å². The van der Waals surface area contributed by atoms with Crippen LogP contribution in [0.3, 0.4) is 0 Å². The Morgan fingerprint density at radius 1 is 1.09 bits per heavy atom. The summed E-state index contributed by atoms with van der Waals surface area (Å²) in [7, 11) is 0. The van der Waals surface area contributed by atoms with Crippen LogP contribution in [0.5, 0.6) is 5.75 Å². The van der Waals surface area contributed by atoms with Gasteiger partial charge in [-0.05, 0) is 36.8 Å². The molecular weight excluding hydrogens is 523 g/mol. The van der Waals surface area contributed by atoms with Gasteiger partial charge in [0.15, 0.2) is 6.61 Å². The van der Waals surface area contributed by atoms with E-state index in [4.69, 9.17) is 16.3 Å². The molecule has 0 aliphatic carbocycles. The number of halogens is 3. The Hall–Kier alpha value is -2.90. The number of nitrogens with zero attached hydrogens (tertiary/aromatic N) is 1. The summed E-state index contributed by atoms with van der Waals surface area (Å²) in [6, 6.07) is 19.8. The van der Waals surface area contributed by atoms with Crippen molar-refractivity contribution in [2.75, 3.05) is 13.2 Å². The average Bonchev–Trinajstić information content (AvgIpc) is 2.82. The Bertz CT molecular complexity index is 1130. The highest BCUT2D eigenvalue weighted by molar-refractivity contribution is 9.10. The summed E-state index contributed by atoms with van der Waals surface area (Å²) in [6.07, 6.45) is 0.270. The smallest absolute Gasteiger partial charge is 0.261 e. The van der Waals surface area contributed by atoms with Crippen LogP contribution in [-0.2, 0) is 22.6 Å². The molecule has 178 valence electrons. The summed E-state index contributed by atoms with van der Waals surface area (Å²) in [4.78, 5) is 27.8. The summed E-state index contributed by atoms with van der Waals surface area (Å²) < 4.78 is 21.0. The topological polar surface area (TPSA) is 58.6 Å². The van der Waals surface area contributed by atoms with E-state index in [-0.39, 0.29) is 25.5 Å². The zero-order valence-corrected chi connectivity index (χ0v) is 21.0. The number of benzene rings is 3. The van der Waals surface area contributed by atoms with E-state index < -0.39 is 17.8 Å². The number of rotatable bonds is 10. The fraction of sp³-hybridized carbons (Fsp3) is 0.231. The second kappa shape index (κ2) is 12.5. The molecule has 0 aromatic heterocycles. The van der Waals surface area contributed by atoms with Crippen LogP contribution >= 0.6 is 27.5 Å². The minimum absolute atomic E-state index is 0.0857. The number of amides is 2. The predicted molar refractivity (Wildman–Crippen MR) is 134 cm³/mol. The van der Waals surface area contributed by atoms with Gasteiger partial charge < -0.3 is 15.0 Å². The first kappa shape index (κ1) is 25.7. The van der Waals surface area contributed by atoms with Gasteiger partial charge in [0.1, 0.15) is 17.6 Å². The number of nitrogens with one attached hydrogen (secondary N) is 1. The lowest BCUT2D eigenvalue weighted by Crippen LogP contribution is -2.51. The number of carbonyl (C=O) groups is 2. The van der Waals surface area contributed by atoms with Crippen LogP contribution in [-0.4, -0.2) is 35.9 Å².